The maximum Gasteiger partial charge on any atom is 0.321 e. The van der Waals surface area contributed by atoms with Crippen LogP contribution in [0.2, 0.25) is 5.02 Å². The second kappa shape index (κ2) is 6.26. The molecule has 0 radical (unpaired) electrons. The highest BCUT2D eigenvalue weighted by Gasteiger charge is 2.17. The largest absolute Gasteiger partial charge is 0.481 e. The van der Waals surface area contributed by atoms with Crippen molar-refractivity contribution in [3.05, 3.63) is 29.3 Å². The zero-order chi connectivity index (χ0) is 13.7. The molecule has 6 heteroatoms. The molecule has 2 N–H and O–H groups in total. The molecule has 0 aliphatic rings. The number of carboxylic acids is 1. The Morgan fingerprint density at radius 1 is 1.50 bits per heavy atom. The topological polar surface area (TPSA) is 69.6 Å². The van der Waals surface area contributed by atoms with Crippen molar-refractivity contribution in [3.63, 3.8) is 0 Å². The number of urea groups is 1. The van der Waals surface area contributed by atoms with Gasteiger partial charge in [0, 0.05) is 24.3 Å². The van der Waals surface area contributed by atoms with Gasteiger partial charge in [-0.3, -0.25) is 4.79 Å². The van der Waals surface area contributed by atoms with E-state index in [1.807, 2.05) is 0 Å². The van der Waals surface area contributed by atoms with Crippen LogP contribution in [0, 0.1) is 5.92 Å². The smallest absolute Gasteiger partial charge is 0.321 e. The molecule has 18 heavy (non-hydrogen) atoms. The van der Waals surface area contributed by atoms with Gasteiger partial charge in [-0.15, -0.1) is 0 Å². The first-order valence-electron chi connectivity index (χ1n) is 5.40. The molecule has 0 aliphatic heterocycles. The Hall–Kier alpha value is -1.75. The lowest BCUT2D eigenvalue weighted by Crippen LogP contribution is -2.36. The van der Waals surface area contributed by atoms with Crippen LogP contribution >= 0.6 is 11.6 Å². The Bertz CT molecular complexity index is 451. The molecular formula is C12H15ClN2O3. The van der Waals surface area contributed by atoms with Crippen molar-refractivity contribution in [3.8, 4) is 0 Å². The molecule has 0 fully saturated rings. The Kier molecular flexibility index (Phi) is 4.97. The summed E-state index contributed by atoms with van der Waals surface area (Å²) >= 11 is 5.79. The van der Waals surface area contributed by atoms with Crippen molar-refractivity contribution in [2.75, 3.05) is 18.9 Å². The maximum absolute atomic E-state index is 11.8. The highest BCUT2D eigenvalue weighted by Crippen LogP contribution is 2.15. The molecule has 0 bridgehead atoms. The summed E-state index contributed by atoms with van der Waals surface area (Å²) in [6.45, 7) is 1.69. The number of carbonyl (C=O) groups is 2. The quantitative estimate of drug-likeness (QED) is 0.883. The van der Waals surface area contributed by atoms with E-state index < -0.39 is 11.9 Å². The Morgan fingerprint density at radius 2 is 2.17 bits per heavy atom. The minimum Gasteiger partial charge on any atom is -0.481 e. The van der Waals surface area contributed by atoms with Gasteiger partial charge in [0.1, 0.15) is 0 Å². The molecule has 0 aromatic heterocycles. The van der Waals surface area contributed by atoms with Crippen LogP contribution in [0.15, 0.2) is 24.3 Å². The van der Waals surface area contributed by atoms with Gasteiger partial charge in [-0.1, -0.05) is 24.6 Å². The van der Waals surface area contributed by atoms with Crippen molar-refractivity contribution in [2.24, 2.45) is 5.92 Å². The third kappa shape index (κ3) is 4.25. The molecule has 0 saturated heterocycles. The molecule has 0 spiro atoms. The van der Waals surface area contributed by atoms with Crippen molar-refractivity contribution in [1.82, 2.24) is 4.90 Å². The number of carbonyl (C=O) groups excluding carboxylic acids is 1. The summed E-state index contributed by atoms with van der Waals surface area (Å²) in [5, 5.41) is 11.9. The highest BCUT2D eigenvalue weighted by atomic mass is 35.5. The van der Waals surface area contributed by atoms with Gasteiger partial charge in [0.15, 0.2) is 0 Å². The van der Waals surface area contributed by atoms with Crippen molar-refractivity contribution in [2.45, 2.75) is 6.92 Å². The third-order valence-corrected chi connectivity index (χ3v) is 2.63. The molecule has 0 saturated carbocycles. The first kappa shape index (κ1) is 14.3. The van der Waals surface area contributed by atoms with E-state index in [1.165, 1.54) is 4.90 Å². The van der Waals surface area contributed by atoms with Gasteiger partial charge in [0.2, 0.25) is 0 Å². The number of hydrogen-bond donors (Lipinski definition) is 2. The number of halogens is 1. The lowest BCUT2D eigenvalue weighted by molar-refractivity contribution is -0.141. The van der Waals surface area contributed by atoms with E-state index in [1.54, 1.807) is 38.2 Å². The van der Waals surface area contributed by atoms with Crippen LogP contribution in [-0.4, -0.2) is 35.6 Å². The number of benzene rings is 1. The number of hydrogen-bond acceptors (Lipinski definition) is 2. The summed E-state index contributed by atoms with van der Waals surface area (Å²) in [6, 6.07) is 6.38. The monoisotopic (exact) mass is 270 g/mol. The van der Waals surface area contributed by atoms with Crippen molar-refractivity contribution < 1.29 is 14.7 Å². The fourth-order valence-electron chi connectivity index (χ4n) is 1.36. The molecule has 1 unspecified atom stereocenters. The highest BCUT2D eigenvalue weighted by molar-refractivity contribution is 6.30. The summed E-state index contributed by atoms with van der Waals surface area (Å²) in [5.74, 6) is -1.54. The molecule has 5 nitrogen and oxygen atoms in total. The van der Waals surface area contributed by atoms with Gasteiger partial charge in [0.25, 0.3) is 0 Å². The molecule has 0 heterocycles. The Balaban J connectivity index is 2.57. The summed E-state index contributed by atoms with van der Waals surface area (Å²) in [7, 11) is 1.54. The fourth-order valence-corrected chi connectivity index (χ4v) is 1.55. The van der Waals surface area contributed by atoms with E-state index in [9.17, 15) is 9.59 Å². The van der Waals surface area contributed by atoms with E-state index in [4.69, 9.17) is 16.7 Å². The lowest BCUT2D eigenvalue weighted by atomic mass is 10.2. The predicted molar refractivity (Wildman–Crippen MR) is 69.9 cm³/mol. The average Bonchev–Trinajstić information content (AvgIpc) is 2.28. The molecule has 1 aromatic carbocycles. The first-order chi connectivity index (χ1) is 8.40. The Labute approximate surface area is 110 Å². The van der Waals surface area contributed by atoms with Gasteiger partial charge in [-0.2, -0.15) is 0 Å². The summed E-state index contributed by atoms with van der Waals surface area (Å²) in [5.41, 5.74) is 0.572. The van der Waals surface area contributed by atoms with Gasteiger partial charge < -0.3 is 15.3 Å². The minimum absolute atomic E-state index is 0.141. The molecular weight excluding hydrogens is 256 g/mol. The van der Waals surface area contributed by atoms with Crippen LogP contribution in [0.5, 0.6) is 0 Å². The molecule has 0 aliphatic carbocycles. The summed E-state index contributed by atoms with van der Waals surface area (Å²) in [6.07, 6.45) is 0. The second-order valence-electron chi connectivity index (χ2n) is 4.06. The standard InChI is InChI=1S/C12H15ClN2O3/c1-8(11(16)17)7-15(2)12(18)14-10-5-3-4-9(13)6-10/h3-6,8H,7H2,1-2H3,(H,14,18)(H,16,17). The molecule has 1 atom stereocenters. The maximum atomic E-state index is 11.8. The van der Waals surface area contributed by atoms with Gasteiger partial charge >= 0.3 is 12.0 Å². The second-order valence-corrected chi connectivity index (χ2v) is 4.50. The summed E-state index contributed by atoms with van der Waals surface area (Å²) < 4.78 is 0. The van der Waals surface area contributed by atoms with Crippen LogP contribution in [0.4, 0.5) is 10.5 Å². The first-order valence-corrected chi connectivity index (χ1v) is 5.78. The van der Waals surface area contributed by atoms with Gasteiger partial charge in [-0.25, -0.2) is 4.79 Å². The fraction of sp³-hybridized carbons (Fsp3) is 0.333. The van der Waals surface area contributed by atoms with E-state index >= 15 is 0 Å². The number of rotatable bonds is 4. The van der Waals surface area contributed by atoms with Gasteiger partial charge in [0.05, 0.1) is 5.92 Å². The number of nitrogens with one attached hydrogen (secondary N) is 1. The van der Waals surface area contributed by atoms with Crippen LogP contribution in [0.1, 0.15) is 6.92 Å². The average molecular weight is 271 g/mol. The molecule has 98 valence electrons. The number of amides is 2. The van der Waals surface area contributed by atoms with Crippen LogP contribution in [0.25, 0.3) is 0 Å². The van der Waals surface area contributed by atoms with E-state index in [0.717, 1.165) is 0 Å². The number of nitrogens with zero attached hydrogens (tertiary/aromatic N) is 1. The molecule has 1 aromatic rings. The summed E-state index contributed by atoms with van der Waals surface area (Å²) in [4.78, 5) is 23.8. The normalized spacial score (nSPS) is 11.7. The Morgan fingerprint density at radius 3 is 2.72 bits per heavy atom. The zero-order valence-electron chi connectivity index (χ0n) is 10.2. The predicted octanol–water partition coefficient (Wildman–Crippen LogP) is 2.52. The van der Waals surface area contributed by atoms with E-state index in [0.29, 0.717) is 10.7 Å². The van der Waals surface area contributed by atoms with Crippen molar-refractivity contribution >= 4 is 29.3 Å². The SMILES string of the molecule is CC(CN(C)C(=O)Nc1cccc(Cl)c1)C(=O)O. The van der Waals surface area contributed by atoms with E-state index in [-0.39, 0.29) is 12.6 Å². The third-order valence-electron chi connectivity index (χ3n) is 2.39. The van der Waals surface area contributed by atoms with E-state index in [2.05, 4.69) is 5.32 Å². The van der Waals surface area contributed by atoms with Crippen LogP contribution < -0.4 is 5.32 Å². The lowest BCUT2D eigenvalue weighted by Gasteiger charge is -2.20. The molecule has 2 amide bonds. The zero-order valence-corrected chi connectivity index (χ0v) is 10.9. The minimum atomic E-state index is -0.933. The van der Waals surface area contributed by atoms with Gasteiger partial charge in [-0.05, 0) is 18.2 Å². The number of aliphatic carboxylic acids is 1. The van der Waals surface area contributed by atoms with Crippen molar-refractivity contribution in [1.29, 1.82) is 0 Å². The number of anilines is 1. The van der Waals surface area contributed by atoms with Crippen LogP contribution in [-0.2, 0) is 4.79 Å². The molecule has 1 rings (SSSR count). The van der Waals surface area contributed by atoms with Crippen LogP contribution in [0.3, 0.4) is 0 Å². The number of carboxylic acid groups (broad SMARTS) is 1.